The van der Waals surface area contributed by atoms with Crippen LogP contribution < -0.4 is 5.32 Å². The van der Waals surface area contributed by atoms with Crippen LogP contribution in [0, 0.1) is 19.8 Å². The van der Waals surface area contributed by atoms with Crippen molar-refractivity contribution in [2.24, 2.45) is 5.92 Å². The molecule has 0 saturated heterocycles. The molecule has 1 N–H and O–H groups in total. The van der Waals surface area contributed by atoms with Gasteiger partial charge in [0, 0.05) is 6.54 Å². The Morgan fingerprint density at radius 2 is 1.62 bits per heavy atom. The van der Waals surface area contributed by atoms with Crippen LogP contribution in [0.4, 0.5) is 0 Å². The second-order valence-corrected chi connectivity index (χ2v) is 7.35. The van der Waals surface area contributed by atoms with Crippen LogP contribution in [0.3, 0.4) is 0 Å². The Kier molecular flexibility index (Phi) is 6.27. The quantitative estimate of drug-likeness (QED) is 0.708. The third-order valence-corrected chi connectivity index (χ3v) is 5.49. The van der Waals surface area contributed by atoms with Crippen molar-refractivity contribution in [3.8, 4) is 0 Å². The number of benzene rings is 2. The highest BCUT2D eigenvalue weighted by Crippen LogP contribution is 2.28. The van der Waals surface area contributed by atoms with E-state index in [4.69, 9.17) is 0 Å². The molecule has 0 heterocycles. The van der Waals surface area contributed by atoms with Crippen LogP contribution in [-0.2, 0) is 17.8 Å². The van der Waals surface area contributed by atoms with E-state index in [0.717, 1.165) is 19.3 Å². The van der Waals surface area contributed by atoms with Crippen LogP contribution in [0.5, 0.6) is 0 Å². The number of rotatable bonds is 6. The Labute approximate surface area is 157 Å². The molecule has 0 radical (unpaired) electrons. The molecule has 3 rings (SSSR count). The molecular formula is C24H29NO. The van der Waals surface area contributed by atoms with Crippen molar-refractivity contribution in [2.75, 3.05) is 0 Å². The van der Waals surface area contributed by atoms with Crippen LogP contribution in [-0.4, -0.2) is 5.91 Å². The van der Waals surface area contributed by atoms with Crippen molar-refractivity contribution in [1.82, 2.24) is 5.32 Å². The molecule has 2 heteroatoms. The van der Waals surface area contributed by atoms with E-state index in [1.165, 1.54) is 40.7 Å². The van der Waals surface area contributed by atoms with Crippen molar-refractivity contribution in [2.45, 2.75) is 52.5 Å². The summed E-state index contributed by atoms with van der Waals surface area (Å²) in [6, 6.07) is 16.7. The SMILES string of the molecule is Cc1ccccc1CNC(=O)C(Cc1ccccc1C)C1=CCCCC1. The van der Waals surface area contributed by atoms with E-state index >= 15 is 0 Å². The molecule has 136 valence electrons. The van der Waals surface area contributed by atoms with Gasteiger partial charge in [-0.15, -0.1) is 0 Å². The highest BCUT2D eigenvalue weighted by Gasteiger charge is 2.24. The lowest BCUT2D eigenvalue weighted by Gasteiger charge is -2.24. The number of aryl methyl sites for hydroxylation is 2. The molecule has 0 spiro atoms. The lowest BCUT2D eigenvalue weighted by molar-refractivity contribution is -0.124. The Morgan fingerprint density at radius 1 is 0.962 bits per heavy atom. The van der Waals surface area contributed by atoms with Crippen LogP contribution in [0.2, 0.25) is 0 Å². The first-order valence-corrected chi connectivity index (χ1v) is 9.71. The van der Waals surface area contributed by atoms with E-state index in [0.29, 0.717) is 6.54 Å². The summed E-state index contributed by atoms with van der Waals surface area (Å²) in [4.78, 5) is 13.1. The van der Waals surface area contributed by atoms with Gasteiger partial charge in [-0.1, -0.05) is 60.2 Å². The van der Waals surface area contributed by atoms with E-state index < -0.39 is 0 Å². The summed E-state index contributed by atoms with van der Waals surface area (Å²) in [5.41, 5.74) is 6.27. The molecule has 1 aliphatic carbocycles. The van der Waals surface area contributed by atoms with E-state index in [1.807, 2.05) is 12.1 Å². The van der Waals surface area contributed by atoms with E-state index in [1.54, 1.807) is 0 Å². The zero-order valence-corrected chi connectivity index (χ0v) is 15.9. The summed E-state index contributed by atoms with van der Waals surface area (Å²) in [6.45, 7) is 4.83. The number of hydrogen-bond acceptors (Lipinski definition) is 1. The fourth-order valence-corrected chi connectivity index (χ4v) is 3.74. The van der Waals surface area contributed by atoms with Crippen LogP contribution >= 0.6 is 0 Å². The smallest absolute Gasteiger partial charge is 0.227 e. The van der Waals surface area contributed by atoms with Gasteiger partial charge >= 0.3 is 0 Å². The Hall–Kier alpha value is -2.35. The molecule has 2 aromatic carbocycles. The number of allylic oxidation sites excluding steroid dienone is 1. The van der Waals surface area contributed by atoms with Gasteiger partial charge in [-0.05, 0) is 68.2 Å². The van der Waals surface area contributed by atoms with Crippen LogP contribution in [0.1, 0.15) is 47.9 Å². The molecule has 1 aliphatic rings. The van der Waals surface area contributed by atoms with Gasteiger partial charge in [-0.2, -0.15) is 0 Å². The van der Waals surface area contributed by atoms with Crippen molar-refractivity contribution in [3.05, 3.63) is 82.4 Å². The van der Waals surface area contributed by atoms with Gasteiger partial charge < -0.3 is 5.32 Å². The first kappa shape index (κ1) is 18.4. The van der Waals surface area contributed by atoms with Gasteiger partial charge in [0.15, 0.2) is 0 Å². The fraction of sp³-hybridized carbons (Fsp3) is 0.375. The second-order valence-electron chi connectivity index (χ2n) is 7.35. The maximum atomic E-state index is 13.1. The van der Waals surface area contributed by atoms with Gasteiger partial charge in [0.1, 0.15) is 0 Å². The van der Waals surface area contributed by atoms with Crippen molar-refractivity contribution in [1.29, 1.82) is 0 Å². The summed E-state index contributed by atoms with van der Waals surface area (Å²) >= 11 is 0. The molecule has 0 fully saturated rings. The summed E-state index contributed by atoms with van der Waals surface area (Å²) in [6.07, 6.45) is 7.68. The Morgan fingerprint density at radius 3 is 2.23 bits per heavy atom. The Balaban J connectivity index is 1.76. The average Bonchev–Trinajstić information content (AvgIpc) is 2.67. The highest BCUT2D eigenvalue weighted by atomic mass is 16.1. The molecule has 0 bridgehead atoms. The second kappa shape index (κ2) is 8.84. The Bertz CT molecular complexity index is 790. The minimum absolute atomic E-state index is 0.0552. The number of amides is 1. The molecular weight excluding hydrogens is 318 g/mol. The van der Waals surface area contributed by atoms with Gasteiger partial charge in [0.25, 0.3) is 0 Å². The van der Waals surface area contributed by atoms with Crippen molar-refractivity contribution >= 4 is 5.91 Å². The minimum atomic E-state index is -0.0552. The number of hydrogen-bond donors (Lipinski definition) is 1. The number of carbonyl (C=O) groups excluding carboxylic acids is 1. The summed E-state index contributed by atoms with van der Waals surface area (Å²) in [5.74, 6) is 0.102. The molecule has 0 aliphatic heterocycles. The van der Waals surface area contributed by atoms with Gasteiger partial charge in [0.2, 0.25) is 5.91 Å². The monoisotopic (exact) mass is 347 g/mol. The summed E-state index contributed by atoms with van der Waals surface area (Å²) < 4.78 is 0. The van der Waals surface area contributed by atoms with Crippen LogP contribution in [0.25, 0.3) is 0 Å². The maximum Gasteiger partial charge on any atom is 0.227 e. The van der Waals surface area contributed by atoms with Crippen molar-refractivity contribution in [3.63, 3.8) is 0 Å². The molecule has 2 aromatic rings. The largest absolute Gasteiger partial charge is 0.351 e. The lowest BCUT2D eigenvalue weighted by Crippen LogP contribution is -2.33. The number of nitrogens with one attached hydrogen (secondary N) is 1. The molecule has 1 atom stereocenters. The third kappa shape index (κ3) is 4.63. The maximum absolute atomic E-state index is 13.1. The molecule has 0 saturated carbocycles. The normalized spacial score (nSPS) is 15.2. The first-order chi connectivity index (χ1) is 12.6. The molecule has 1 amide bonds. The lowest BCUT2D eigenvalue weighted by atomic mass is 9.83. The molecule has 1 unspecified atom stereocenters. The predicted octanol–water partition coefficient (Wildman–Crippen LogP) is 5.28. The van der Waals surface area contributed by atoms with E-state index in [2.05, 4.69) is 61.6 Å². The molecule has 2 nitrogen and oxygen atoms in total. The molecule has 26 heavy (non-hydrogen) atoms. The molecule has 0 aromatic heterocycles. The van der Waals surface area contributed by atoms with Gasteiger partial charge in [0.05, 0.1) is 5.92 Å². The van der Waals surface area contributed by atoms with Gasteiger partial charge in [-0.3, -0.25) is 4.79 Å². The van der Waals surface area contributed by atoms with E-state index in [-0.39, 0.29) is 11.8 Å². The average molecular weight is 348 g/mol. The van der Waals surface area contributed by atoms with E-state index in [9.17, 15) is 4.79 Å². The topological polar surface area (TPSA) is 29.1 Å². The standard InChI is InChI=1S/C24H29NO/c1-18-10-6-8-14-21(18)16-23(20-12-4-3-5-13-20)24(26)25-17-22-15-9-7-11-19(22)2/h6-12,14-15,23H,3-5,13,16-17H2,1-2H3,(H,25,26). The zero-order valence-electron chi connectivity index (χ0n) is 15.9. The minimum Gasteiger partial charge on any atom is -0.351 e. The van der Waals surface area contributed by atoms with Crippen molar-refractivity contribution < 1.29 is 4.79 Å². The third-order valence-electron chi connectivity index (χ3n) is 5.49. The first-order valence-electron chi connectivity index (χ1n) is 9.71. The van der Waals surface area contributed by atoms with Gasteiger partial charge in [-0.25, -0.2) is 0 Å². The highest BCUT2D eigenvalue weighted by molar-refractivity contribution is 5.82. The summed E-state index contributed by atoms with van der Waals surface area (Å²) in [7, 11) is 0. The summed E-state index contributed by atoms with van der Waals surface area (Å²) in [5, 5.41) is 3.20. The fourth-order valence-electron chi connectivity index (χ4n) is 3.74. The van der Waals surface area contributed by atoms with Crippen LogP contribution in [0.15, 0.2) is 60.2 Å². The zero-order chi connectivity index (χ0) is 18.4. The predicted molar refractivity (Wildman–Crippen MR) is 108 cm³/mol. The number of carbonyl (C=O) groups is 1.